The van der Waals surface area contributed by atoms with Gasteiger partial charge in [-0.05, 0) is 54.2 Å². The van der Waals surface area contributed by atoms with Gasteiger partial charge in [0.15, 0.2) is 6.61 Å². The van der Waals surface area contributed by atoms with Crippen molar-refractivity contribution < 1.29 is 14.3 Å². The van der Waals surface area contributed by atoms with Gasteiger partial charge in [-0.15, -0.1) is 0 Å². The second kappa shape index (κ2) is 8.86. The molecule has 1 aliphatic rings. The van der Waals surface area contributed by atoms with Crippen LogP contribution in [0.25, 0.3) is 17.0 Å². The van der Waals surface area contributed by atoms with E-state index < -0.39 is 5.91 Å². The highest BCUT2D eigenvalue weighted by atomic mass is 16.5. The number of carbonyl (C=O) groups is 2. The Morgan fingerprint density at radius 3 is 2.57 bits per heavy atom. The van der Waals surface area contributed by atoms with Gasteiger partial charge in [-0.25, -0.2) is 0 Å². The van der Waals surface area contributed by atoms with E-state index in [-0.39, 0.29) is 12.5 Å². The van der Waals surface area contributed by atoms with Gasteiger partial charge in [0, 0.05) is 36.3 Å². The molecule has 30 heavy (non-hydrogen) atoms. The lowest BCUT2D eigenvalue weighted by atomic mass is 9.89. The number of nitrogens with one attached hydrogen (secondary N) is 1. The molecule has 4 rings (SSSR count). The first-order valence-electron chi connectivity index (χ1n) is 10.1. The number of nitrogens with two attached hydrogens (primary N) is 1. The number of benzene rings is 2. The van der Waals surface area contributed by atoms with Crippen LogP contribution in [0.5, 0.6) is 5.75 Å². The molecule has 3 N–H and O–H groups in total. The number of aromatic amines is 1. The topological polar surface area (TPSA) is 88.4 Å². The molecule has 1 fully saturated rings. The van der Waals surface area contributed by atoms with E-state index in [0.29, 0.717) is 11.7 Å². The molecular weight excluding hydrogens is 378 g/mol. The summed E-state index contributed by atoms with van der Waals surface area (Å²) in [6.45, 7) is 1.36. The Morgan fingerprint density at radius 1 is 1.10 bits per heavy atom. The third-order valence-electron chi connectivity index (χ3n) is 5.55. The highest BCUT2D eigenvalue weighted by molar-refractivity contribution is 5.92. The molecular formula is C24H25N3O3. The first-order valence-corrected chi connectivity index (χ1v) is 10.1. The standard InChI is InChI=1S/C24H25N3O3/c25-23(28)16-30-19-8-5-17(6-9-19)7-10-24(29)27-13-11-18(12-14-27)21-15-26-22-4-2-1-3-20(21)22/h1-10,15,18,26H,11-14,16H2,(H2,25,28)/b10-7+. The van der Waals surface area contributed by atoms with E-state index in [4.69, 9.17) is 10.5 Å². The second-order valence-corrected chi connectivity index (χ2v) is 7.55. The van der Waals surface area contributed by atoms with Crippen LogP contribution < -0.4 is 10.5 Å². The number of hydrogen-bond acceptors (Lipinski definition) is 3. The van der Waals surface area contributed by atoms with Gasteiger partial charge in [0.1, 0.15) is 5.75 Å². The molecule has 1 aliphatic heterocycles. The van der Waals surface area contributed by atoms with Crippen molar-refractivity contribution in [3.05, 3.63) is 71.9 Å². The van der Waals surface area contributed by atoms with Gasteiger partial charge in [-0.2, -0.15) is 0 Å². The predicted octanol–water partition coefficient (Wildman–Crippen LogP) is 3.45. The third kappa shape index (κ3) is 4.54. The SMILES string of the molecule is NC(=O)COc1ccc(/C=C/C(=O)N2CCC(c3c[nH]c4ccccc34)CC2)cc1. The maximum Gasteiger partial charge on any atom is 0.255 e. The summed E-state index contributed by atoms with van der Waals surface area (Å²) < 4.78 is 5.23. The van der Waals surface area contributed by atoms with E-state index in [0.717, 1.165) is 31.5 Å². The van der Waals surface area contributed by atoms with Gasteiger partial charge in [-0.3, -0.25) is 9.59 Å². The molecule has 0 atom stereocenters. The molecule has 3 aromatic rings. The zero-order valence-corrected chi connectivity index (χ0v) is 16.7. The normalized spacial score (nSPS) is 15.0. The number of hydrogen-bond donors (Lipinski definition) is 2. The number of H-pyrrole nitrogens is 1. The maximum atomic E-state index is 12.6. The van der Waals surface area contributed by atoms with Crippen molar-refractivity contribution in [1.82, 2.24) is 9.88 Å². The lowest BCUT2D eigenvalue weighted by Crippen LogP contribution is -2.36. The smallest absolute Gasteiger partial charge is 0.255 e. The molecule has 2 heterocycles. The van der Waals surface area contributed by atoms with Crippen LogP contribution >= 0.6 is 0 Å². The molecule has 0 spiro atoms. The number of para-hydroxylation sites is 1. The van der Waals surface area contributed by atoms with Crippen LogP contribution in [0.1, 0.15) is 29.9 Å². The first kappa shape index (κ1) is 19.8. The minimum Gasteiger partial charge on any atom is -0.484 e. The summed E-state index contributed by atoms with van der Waals surface area (Å²) >= 11 is 0. The average molecular weight is 403 g/mol. The zero-order chi connectivity index (χ0) is 20.9. The van der Waals surface area contributed by atoms with Crippen LogP contribution in [0.2, 0.25) is 0 Å². The van der Waals surface area contributed by atoms with Crippen molar-refractivity contribution in [2.45, 2.75) is 18.8 Å². The highest BCUT2D eigenvalue weighted by Gasteiger charge is 2.24. The lowest BCUT2D eigenvalue weighted by molar-refractivity contribution is -0.127. The van der Waals surface area contributed by atoms with Crippen LogP contribution in [-0.2, 0) is 9.59 Å². The largest absolute Gasteiger partial charge is 0.484 e. The van der Waals surface area contributed by atoms with E-state index in [9.17, 15) is 9.59 Å². The van der Waals surface area contributed by atoms with E-state index in [2.05, 4.69) is 29.4 Å². The molecule has 0 bridgehead atoms. The minimum absolute atomic E-state index is 0.0291. The van der Waals surface area contributed by atoms with E-state index in [1.807, 2.05) is 23.1 Å². The zero-order valence-electron chi connectivity index (χ0n) is 16.7. The Kier molecular flexibility index (Phi) is 5.84. The maximum absolute atomic E-state index is 12.6. The number of rotatable bonds is 6. The number of primary amides is 1. The van der Waals surface area contributed by atoms with Crippen molar-refractivity contribution in [3.8, 4) is 5.75 Å². The average Bonchev–Trinajstić information content (AvgIpc) is 3.21. The lowest BCUT2D eigenvalue weighted by Gasteiger charge is -2.31. The van der Waals surface area contributed by atoms with Crippen LogP contribution in [-0.4, -0.2) is 41.4 Å². The van der Waals surface area contributed by atoms with Crippen molar-refractivity contribution in [2.24, 2.45) is 5.73 Å². The van der Waals surface area contributed by atoms with Crippen molar-refractivity contribution in [3.63, 3.8) is 0 Å². The Hall–Kier alpha value is -3.54. The summed E-state index contributed by atoms with van der Waals surface area (Å²) in [6.07, 6.45) is 7.46. The molecule has 1 saturated heterocycles. The summed E-state index contributed by atoms with van der Waals surface area (Å²) in [7, 11) is 0. The van der Waals surface area contributed by atoms with Crippen LogP contribution in [0.3, 0.4) is 0 Å². The van der Waals surface area contributed by atoms with Gasteiger partial charge in [0.2, 0.25) is 5.91 Å². The van der Waals surface area contributed by atoms with Crippen molar-refractivity contribution >= 4 is 28.8 Å². The number of piperidine rings is 1. The van der Waals surface area contributed by atoms with Gasteiger partial charge in [0.05, 0.1) is 0 Å². The Balaban J connectivity index is 1.31. The number of carbonyl (C=O) groups excluding carboxylic acids is 2. The fourth-order valence-electron chi connectivity index (χ4n) is 3.95. The van der Waals surface area contributed by atoms with E-state index >= 15 is 0 Å². The summed E-state index contributed by atoms with van der Waals surface area (Å²) in [4.78, 5) is 28.6. The molecule has 0 saturated carbocycles. The summed E-state index contributed by atoms with van der Waals surface area (Å²) in [5.41, 5.74) is 8.48. The predicted molar refractivity (Wildman–Crippen MR) is 117 cm³/mol. The molecule has 1 aromatic heterocycles. The quantitative estimate of drug-likeness (QED) is 0.618. The molecule has 154 valence electrons. The summed E-state index contributed by atoms with van der Waals surface area (Å²) in [5.74, 6) is 0.554. The molecule has 0 radical (unpaired) electrons. The van der Waals surface area contributed by atoms with Crippen LogP contribution in [0, 0.1) is 0 Å². The number of amides is 2. The fraction of sp³-hybridized carbons (Fsp3) is 0.250. The monoisotopic (exact) mass is 403 g/mol. The third-order valence-corrected chi connectivity index (χ3v) is 5.55. The fourth-order valence-corrected chi connectivity index (χ4v) is 3.95. The summed E-state index contributed by atoms with van der Waals surface area (Å²) in [6, 6.07) is 15.5. The van der Waals surface area contributed by atoms with Crippen LogP contribution in [0.15, 0.2) is 60.8 Å². The molecule has 2 aromatic carbocycles. The van der Waals surface area contributed by atoms with Crippen molar-refractivity contribution in [2.75, 3.05) is 19.7 Å². The van der Waals surface area contributed by atoms with Crippen LogP contribution in [0.4, 0.5) is 0 Å². The molecule has 0 unspecified atom stereocenters. The number of aromatic nitrogens is 1. The number of nitrogens with zero attached hydrogens (tertiary/aromatic N) is 1. The van der Waals surface area contributed by atoms with E-state index in [1.165, 1.54) is 16.5 Å². The Morgan fingerprint density at radius 2 is 1.83 bits per heavy atom. The number of ether oxygens (including phenoxy) is 1. The highest BCUT2D eigenvalue weighted by Crippen LogP contribution is 2.33. The number of likely N-dealkylation sites (tertiary alicyclic amines) is 1. The molecule has 2 amide bonds. The second-order valence-electron chi connectivity index (χ2n) is 7.55. The minimum atomic E-state index is -0.516. The van der Waals surface area contributed by atoms with Gasteiger partial charge in [-0.1, -0.05) is 30.3 Å². The first-order chi connectivity index (χ1) is 14.6. The molecule has 6 nitrogen and oxygen atoms in total. The number of fused-ring (bicyclic) bond motifs is 1. The Labute approximate surface area is 175 Å². The molecule has 6 heteroatoms. The van der Waals surface area contributed by atoms with E-state index in [1.54, 1.807) is 24.3 Å². The molecule has 0 aliphatic carbocycles. The summed E-state index contributed by atoms with van der Waals surface area (Å²) in [5, 5.41) is 1.28. The Bertz CT molecular complexity index is 1060. The van der Waals surface area contributed by atoms with Gasteiger partial charge < -0.3 is 20.4 Å². The van der Waals surface area contributed by atoms with Gasteiger partial charge in [0.25, 0.3) is 5.91 Å². The van der Waals surface area contributed by atoms with Gasteiger partial charge >= 0.3 is 0 Å². The van der Waals surface area contributed by atoms with Crippen molar-refractivity contribution in [1.29, 1.82) is 0 Å².